The average molecular weight is 320 g/mol. The second-order valence-electron chi connectivity index (χ2n) is 4.76. The van der Waals surface area contributed by atoms with Crippen LogP contribution in [0.25, 0.3) is 0 Å². The fraction of sp³-hybridized carbons (Fsp3) is 0.375. The summed E-state index contributed by atoms with van der Waals surface area (Å²) in [6, 6.07) is 7.22. The Bertz CT molecular complexity index is 685. The lowest BCUT2D eigenvalue weighted by Crippen LogP contribution is -2.10. The van der Waals surface area contributed by atoms with Gasteiger partial charge in [0.05, 0.1) is 14.2 Å². The lowest BCUT2D eigenvalue weighted by Gasteiger charge is -2.10. The van der Waals surface area contributed by atoms with E-state index in [1.165, 1.54) is 11.8 Å². The summed E-state index contributed by atoms with van der Waals surface area (Å²) in [6.45, 7) is 2.07. The Morgan fingerprint density at radius 3 is 2.73 bits per heavy atom. The number of benzene rings is 1. The molecule has 0 aliphatic heterocycles. The van der Waals surface area contributed by atoms with Gasteiger partial charge in [0.2, 0.25) is 0 Å². The van der Waals surface area contributed by atoms with Gasteiger partial charge in [-0.3, -0.25) is 4.79 Å². The molecule has 6 heteroatoms. The molecule has 0 atom stereocenters. The first-order valence-corrected chi connectivity index (χ1v) is 8.08. The molecule has 0 saturated heterocycles. The average Bonchev–Trinajstić information content (AvgIpc) is 2.52. The van der Waals surface area contributed by atoms with Gasteiger partial charge in [-0.05, 0) is 24.6 Å². The van der Waals surface area contributed by atoms with Gasteiger partial charge in [0.25, 0.3) is 5.56 Å². The van der Waals surface area contributed by atoms with E-state index in [0.29, 0.717) is 10.9 Å². The monoisotopic (exact) mass is 320 g/mol. The van der Waals surface area contributed by atoms with Crippen LogP contribution in [0.2, 0.25) is 0 Å². The van der Waals surface area contributed by atoms with E-state index in [1.807, 2.05) is 18.2 Å². The molecular weight excluding hydrogens is 300 g/mol. The van der Waals surface area contributed by atoms with Crippen molar-refractivity contribution in [2.45, 2.75) is 30.7 Å². The predicted octanol–water partition coefficient (Wildman–Crippen LogP) is 3.03. The van der Waals surface area contributed by atoms with Crippen LogP contribution in [0.1, 0.15) is 24.6 Å². The Morgan fingerprint density at radius 1 is 1.23 bits per heavy atom. The van der Waals surface area contributed by atoms with Gasteiger partial charge in [0, 0.05) is 23.1 Å². The topological polar surface area (TPSA) is 64.2 Å². The third-order valence-electron chi connectivity index (χ3n) is 3.13. The van der Waals surface area contributed by atoms with Crippen LogP contribution in [-0.2, 0) is 12.2 Å². The number of hydrogen-bond acceptors (Lipinski definition) is 5. The molecular formula is C16H20N2O3S. The highest BCUT2D eigenvalue weighted by Gasteiger charge is 2.08. The zero-order valence-corrected chi connectivity index (χ0v) is 13.8. The first kappa shape index (κ1) is 16.4. The first-order chi connectivity index (χ1) is 10.7. The van der Waals surface area contributed by atoms with Crippen LogP contribution in [-0.4, -0.2) is 24.2 Å². The molecule has 1 heterocycles. The van der Waals surface area contributed by atoms with Gasteiger partial charge in [-0.25, -0.2) is 4.98 Å². The SMILES string of the molecule is CCCc1cc(=O)[nH]c(SCc2cc(OC)ccc2OC)n1. The third kappa shape index (κ3) is 4.27. The molecule has 0 spiro atoms. The Hall–Kier alpha value is -1.95. The van der Waals surface area contributed by atoms with E-state index in [0.717, 1.165) is 35.6 Å². The van der Waals surface area contributed by atoms with E-state index in [-0.39, 0.29) is 5.56 Å². The van der Waals surface area contributed by atoms with Gasteiger partial charge in [-0.15, -0.1) is 0 Å². The number of rotatable bonds is 7. The number of aromatic nitrogens is 2. The molecule has 1 aromatic carbocycles. The Kier molecular flexibility index (Phi) is 5.89. The van der Waals surface area contributed by atoms with Crippen molar-refractivity contribution in [3.05, 3.63) is 45.9 Å². The van der Waals surface area contributed by atoms with Gasteiger partial charge in [0.1, 0.15) is 11.5 Å². The summed E-state index contributed by atoms with van der Waals surface area (Å²) in [5.41, 5.74) is 1.71. The summed E-state index contributed by atoms with van der Waals surface area (Å²) in [6.07, 6.45) is 1.77. The van der Waals surface area contributed by atoms with E-state index in [1.54, 1.807) is 20.3 Å². The fourth-order valence-corrected chi connectivity index (χ4v) is 2.95. The van der Waals surface area contributed by atoms with E-state index in [2.05, 4.69) is 16.9 Å². The highest BCUT2D eigenvalue weighted by molar-refractivity contribution is 7.98. The molecule has 0 bridgehead atoms. The number of thioether (sulfide) groups is 1. The zero-order chi connectivity index (χ0) is 15.9. The second-order valence-corrected chi connectivity index (χ2v) is 5.72. The lowest BCUT2D eigenvalue weighted by atomic mass is 10.2. The quantitative estimate of drug-likeness (QED) is 0.627. The number of hydrogen-bond donors (Lipinski definition) is 1. The summed E-state index contributed by atoms with van der Waals surface area (Å²) < 4.78 is 10.6. The molecule has 2 rings (SSSR count). The van der Waals surface area contributed by atoms with Crippen molar-refractivity contribution >= 4 is 11.8 Å². The molecule has 0 aliphatic carbocycles. The molecule has 22 heavy (non-hydrogen) atoms. The fourth-order valence-electron chi connectivity index (χ4n) is 2.08. The molecule has 0 saturated carbocycles. The summed E-state index contributed by atoms with van der Waals surface area (Å²) >= 11 is 1.47. The van der Waals surface area contributed by atoms with Crippen molar-refractivity contribution < 1.29 is 9.47 Å². The third-order valence-corrected chi connectivity index (χ3v) is 4.05. The summed E-state index contributed by atoms with van der Waals surface area (Å²) in [5, 5.41) is 0.626. The standard InChI is InChI=1S/C16H20N2O3S/c1-4-5-12-9-15(19)18-16(17-12)22-10-11-8-13(20-2)6-7-14(11)21-3/h6-9H,4-5,10H2,1-3H3,(H,17,18,19). The van der Waals surface area contributed by atoms with Gasteiger partial charge < -0.3 is 14.5 Å². The molecule has 1 aromatic heterocycles. The summed E-state index contributed by atoms with van der Waals surface area (Å²) in [7, 11) is 3.27. The molecule has 0 amide bonds. The van der Waals surface area contributed by atoms with Gasteiger partial charge in [-0.1, -0.05) is 25.1 Å². The molecule has 0 aliphatic rings. The van der Waals surface area contributed by atoms with Crippen LogP contribution in [0.5, 0.6) is 11.5 Å². The maximum atomic E-state index is 11.7. The van der Waals surface area contributed by atoms with Crippen LogP contribution in [0.4, 0.5) is 0 Å². The van der Waals surface area contributed by atoms with Crippen molar-refractivity contribution in [3.8, 4) is 11.5 Å². The maximum Gasteiger partial charge on any atom is 0.251 e. The summed E-state index contributed by atoms with van der Waals surface area (Å²) in [4.78, 5) is 18.9. The van der Waals surface area contributed by atoms with Crippen molar-refractivity contribution in [1.29, 1.82) is 0 Å². The number of aryl methyl sites for hydroxylation is 1. The number of nitrogens with zero attached hydrogens (tertiary/aromatic N) is 1. The highest BCUT2D eigenvalue weighted by Crippen LogP contribution is 2.29. The zero-order valence-electron chi connectivity index (χ0n) is 13.0. The van der Waals surface area contributed by atoms with Crippen molar-refractivity contribution in [2.24, 2.45) is 0 Å². The van der Waals surface area contributed by atoms with E-state index < -0.39 is 0 Å². The normalized spacial score (nSPS) is 10.5. The van der Waals surface area contributed by atoms with E-state index in [9.17, 15) is 4.79 Å². The molecule has 0 unspecified atom stereocenters. The van der Waals surface area contributed by atoms with Crippen molar-refractivity contribution in [3.63, 3.8) is 0 Å². The van der Waals surface area contributed by atoms with Crippen molar-refractivity contribution in [1.82, 2.24) is 9.97 Å². The molecule has 5 nitrogen and oxygen atoms in total. The Balaban J connectivity index is 2.17. The number of aromatic amines is 1. The van der Waals surface area contributed by atoms with Crippen LogP contribution in [0.3, 0.4) is 0 Å². The minimum Gasteiger partial charge on any atom is -0.497 e. The Morgan fingerprint density at radius 2 is 2.05 bits per heavy atom. The van der Waals surface area contributed by atoms with Crippen LogP contribution < -0.4 is 15.0 Å². The van der Waals surface area contributed by atoms with Crippen LogP contribution in [0, 0.1) is 0 Å². The van der Waals surface area contributed by atoms with Gasteiger partial charge in [0.15, 0.2) is 5.16 Å². The molecule has 118 valence electrons. The van der Waals surface area contributed by atoms with E-state index >= 15 is 0 Å². The van der Waals surface area contributed by atoms with Gasteiger partial charge >= 0.3 is 0 Å². The minimum atomic E-state index is -0.112. The number of methoxy groups -OCH3 is 2. The predicted molar refractivity (Wildman–Crippen MR) is 88.0 cm³/mol. The lowest BCUT2D eigenvalue weighted by molar-refractivity contribution is 0.400. The van der Waals surface area contributed by atoms with Crippen molar-refractivity contribution in [2.75, 3.05) is 14.2 Å². The van der Waals surface area contributed by atoms with E-state index in [4.69, 9.17) is 9.47 Å². The molecule has 0 fully saturated rings. The molecule has 1 N–H and O–H groups in total. The second kappa shape index (κ2) is 7.89. The largest absolute Gasteiger partial charge is 0.497 e. The number of nitrogens with one attached hydrogen (secondary N) is 1. The van der Waals surface area contributed by atoms with Crippen LogP contribution in [0.15, 0.2) is 34.2 Å². The molecule has 2 aromatic rings. The maximum absolute atomic E-state index is 11.7. The highest BCUT2D eigenvalue weighted by atomic mass is 32.2. The number of ether oxygens (including phenoxy) is 2. The number of H-pyrrole nitrogens is 1. The summed E-state index contributed by atoms with van der Waals surface area (Å²) in [5.74, 6) is 2.21. The molecule has 0 radical (unpaired) electrons. The first-order valence-electron chi connectivity index (χ1n) is 7.10. The van der Waals surface area contributed by atoms with Gasteiger partial charge in [-0.2, -0.15) is 0 Å². The van der Waals surface area contributed by atoms with Crippen LogP contribution >= 0.6 is 11.8 Å². The Labute approximate surface area is 134 Å². The minimum absolute atomic E-state index is 0.112. The smallest absolute Gasteiger partial charge is 0.251 e.